The van der Waals surface area contributed by atoms with Gasteiger partial charge in [-0.2, -0.15) is 5.10 Å². The highest BCUT2D eigenvalue weighted by molar-refractivity contribution is 9.10. The second-order valence-corrected chi connectivity index (χ2v) is 4.12. The molecule has 0 fully saturated rings. The number of hydrogen-bond donors (Lipinski definition) is 0. The van der Waals surface area contributed by atoms with Crippen molar-refractivity contribution >= 4 is 26.8 Å². The van der Waals surface area contributed by atoms with E-state index in [1.165, 1.54) is 6.07 Å². The van der Waals surface area contributed by atoms with Crippen LogP contribution in [-0.4, -0.2) is 9.78 Å². The predicted molar refractivity (Wildman–Crippen MR) is 57.8 cm³/mol. The minimum Gasteiger partial charge on any atom is -0.271 e. The van der Waals surface area contributed by atoms with Crippen molar-refractivity contribution in [1.82, 2.24) is 9.78 Å². The van der Waals surface area contributed by atoms with Crippen LogP contribution in [0.15, 0.2) is 16.6 Å². The Morgan fingerprint density at radius 2 is 2.21 bits per heavy atom. The maximum Gasteiger partial charge on any atom is 0.152 e. The molecule has 1 aromatic carbocycles. The summed E-state index contributed by atoms with van der Waals surface area (Å²) in [6, 6.07) is 3.35. The van der Waals surface area contributed by atoms with Gasteiger partial charge in [0.05, 0.1) is 0 Å². The Balaban J connectivity index is 2.87. The highest BCUT2D eigenvalue weighted by Gasteiger charge is 2.11. The molecule has 0 aliphatic rings. The smallest absolute Gasteiger partial charge is 0.152 e. The van der Waals surface area contributed by atoms with Gasteiger partial charge in [-0.3, -0.25) is 4.68 Å². The normalized spacial score (nSPS) is 11.1. The van der Waals surface area contributed by atoms with Gasteiger partial charge in [0, 0.05) is 22.6 Å². The topological polar surface area (TPSA) is 17.8 Å². The van der Waals surface area contributed by atoms with Gasteiger partial charge in [0.2, 0.25) is 0 Å². The number of aromatic nitrogens is 2. The summed E-state index contributed by atoms with van der Waals surface area (Å²) in [6.07, 6.45) is 0.850. The van der Waals surface area contributed by atoms with Crippen molar-refractivity contribution in [1.29, 1.82) is 0 Å². The lowest BCUT2D eigenvalue weighted by molar-refractivity contribution is 0.630. The summed E-state index contributed by atoms with van der Waals surface area (Å²) in [4.78, 5) is 0. The van der Waals surface area contributed by atoms with Crippen molar-refractivity contribution in [2.24, 2.45) is 7.05 Å². The van der Waals surface area contributed by atoms with Crippen molar-refractivity contribution in [3.63, 3.8) is 0 Å². The first-order valence-corrected chi connectivity index (χ1v) is 5.23. The van der Waals surface area contributed by atoms with Gasteiger partial charge >= 0.3 is 0 Å². The summed E-state index contributed by atoms with van der Waals surface area (Å²) < 4.78 is 16.0. The molecule has 14 heavy (non-hydrogen) atoms. The van der Waals surface area contributed by atoms with Gasteiger partial charge in [0.15, 0.2) is 5.82 Å². The molecule has 4 heteroatoms. The number of halogens is 2. The largest absolute Gasteiger partial charge is 0.271 e. The number of benzene rings is 1. The molecular weight excluding hydrogens is 247 g/mol. The molecule has 2 aromatic rings. The highest BCUT2D eigenvalue weighted by atomic mass is 79.9. The Labute approximate surface area is 89.8 Å². The van der Waals surface area contributed by atoms with Gasteiger partial charge in [0.25, 0.3) is 0 Å². The molecule has 0 amide bonds. The van der Waals surface area contributed by atoms with Crippen molar-refractivity contribution in [2.45, 2.75) is 13.3 Å². The zero-order chi connectivity index (χ0) is 10.3. The second kappa shape index (κ2) is 3.35. The fourth-order valence-electron chi connectivity index (χ4n) is 1.69. The predicted octanol–water partition coefficient (Wildman–Crippen LogP) is 3.04. The average molecular weight is 257 g/mol. The van der Waals surface area contributed by atoms with Crippen molar-refractivity contribution in [2.75, 3.05) is 0 Å². The van der Waals surface area contributed by atoms with E-state index in [9.17, 15) is 4.39 Å². The minimum atomic E-state index is -0.273. The maximum absolute atomic E-state index is 13.5. The van der Waals surface area contributed by atoms with Crippen LogP contribution in [0.2, 0.25) is 0 Å². The Morgan fingerprint density at radius 3 is 2.86 bits per heavy atom. The fourth-order valence-corrected chi connectivity index (χ4v) is 2.12. The van der Waals surface area contributed by atoms with E-state index in [0.717, 1.165) is 22.0 Å². The Bertz CT molecular complexity index is 490. The third kappa shape index (κ3) is 1.34. The molecule has 0 radical (unpaired) electrons. The molecule has 0 spiro atoms. The van der Waals surface area contributed by atoms with Crippen molar-refractivity contribution in [3.05, 3.63) is 28.1 Å². The summed E-state index contributed by atoms with van der Waals surface area (Å²) in [5.41, 5.74) is 1.51. The molecule has 0 aliphatic heterocycles. The van der Waals surface area contributed by atoms with E-state index in [-0.39, 0.29) is 5.82 Å². The van der Waals surface area contributed by atoms with E-state index in [2.05, 4.69) is 21.0 Å². The van der Waals surface area contributed by atoms with Crippen LogP contribution >= 0.6 is 15.9 Å². The van der Waals surface area contributed by atoms with E-state index in [4.69, 9.17) is 0 Å². The van der Waals surface area contributed by atoms with E-state index >= 15 is 0 Å². The molecule has 0 aliphatic carbocycles. The van der Waals surface area contributed by atoms with Crippen molar-refractivity contribution < 1.29 is 4.39 Å². The lowest BCUT2D eigenvalue weighted by atomic mass is 10.2. The molecule has 1 aromatic heterocycles. The van der Waals surface area contributed by atoms with E-state index in [1.807, 2.05) is 20.0 Å². The second-order valence-electron chi connectivity index (χ2n) is 3.21. The molecule has 0 N–H and O–H groups in total. The first-order chi connectivity index (χ1) is 6.63. The maximum atomic E-state index is 13.5. The highest BCUT2D eigenvalue weighted by Crippen LogP contribution is 2.25. The van der Waals surface area contributed by atoms with Gasteiger partial charge in [-0.1, -0.05) is 22.9 Å². The Hall–Kier alpha value is -0.900. The number of aryl methyl sites for hydroxylation is 2. The third-order valence-electron chi connectivity index (χ3n) is 2.31. The van der Waals surface area contributed by atoms with Crippen LogP contribution < -0.4 is 0 Å². The summed E-state index contributed by atoms with van der Waals surface area (Å²) in [6.45, 7) is 2.04. The van der Waals surface area contributed by atoms with Crippen LogP contribution in [0.4, 0.5) is 4.39 Å². The lowest BCUT2D eigenvalue weighted by Gasteiger charge is -1.97. The first-order valence-electron chi connectivity index (χ1n) is 4.44. The molecule has 0 saturated heterocycles. The van der Waals surface area contributed by atoms with Gasteiger partial charge in [-0.25, -0.2) is 4.39 Å². The van der Waals surface area contributed by atoms with Crippen molar-refractivity contribution in [3.8, 4) is 0 Å². The Kier molecular flexibility index (Phi) is 2.31. The van der Waals surface area contributed by atoms with Gasteiger partial charge in [0.1, 0.15) is 5.52 Å². The molecule has 2 rings (SSSR count). The quantitative estimate of drug-likeness (QED) is 0.767. The number of rotatable bonds is 1. The summed E-state index contributed by atoms with van der Waals surface area (Å²) in [5.74, 6) is -0.273. The van der Waals surface area contributed by atoms with Gasteiger partial charge < -0.3 is 0 Å². The first kappa shape index (κ1) is 9.65. The average Bonchev–Trinajstić information content (AvgIpc) is 2.41. The van der Waals surface area contributed by atoms with Crippen LogP contribution in [0, 0.1) is 5.82 Å². The van der Waals surface area contributed by atoms with Crippen LogP contribution in [-0.2, 0) is 13.5 Å². The Morgan fingerprint density at radius 1 is 1.50 bits per heavy atom. The van der Waals surface area contributed by atoms with Crippen LogP contribution in [0.1, 0.15) is 12.6 Å². The summed E-state index contributed by atoms with van der Waals surface area (Å²) >= 11 is 3.28. The lowest BCUT2D eigenvalue weighted by Crippen LogP contribution is -1.95. The summed E-state index contributed by atoms with van der Waals surface area (Å²) in [5, 5.41) is 5.04. The van der Waals surface area contributed by atoms with E-state index < -0.39 is 0 Å². The number of fused-ring (bicyclic) bond motifs is 1. The minimum absolute atomic E-state index is 0.273. The van der Waals surface area contributed by atoms with E-state index in [0.29, 0.717) is 5.52 Å². The molecule has 0 saturated carbocycles. The van der Waals surface area contributed by atoms with E-state index in [1.54, 1.807) is 4.68 Å². The third-order valence-corrected chi connectivity index (χ3v) is 2.77. The molecular formula is C10H10BrFN2. The van der Waals surface area contributed by atoms with Crippen LogP contribution in [0.5, 0.6) is 0 Å². The SMILES string of the molecule is CCc1c2cc(Br)cc(F)c2nn1C. The number of nitrogens with zero attached hydrogens (tertiary/aromatic N) is 2. The number of hydrogen-bond acceptors (Lipinski definition) is 1. The van der Waals surface area contributed by atoms with Gasteiger partial charge in [-0.15, -0.1) is 0 Å². The molecule has 1 heterocycles. The zero-order valence-electron chi connectivity index (χ0n) is 8.01. The zero-order valence-corrected chi connectivity index (χ0v) is 9.60. The summed E-state index contributed by atoms with van der Waals surface area (Å²) in [7, 11) is 1.84. The van der Waals surface area contributed by atoms with Gasteiger partial charge in [-0.05, 0) is 18.6 Å². The molecule has 0 atom stereocenters. The molecule has 74 valence electrons. The fraction of sp³-hybridized carbons (Fsp3) is 0.300. The van der Waals surface area contributed by atoms with Crippen LogP contribution in [0.3, 0.4) is 0 Å². The monoisotopic (exact) mass is 256 g/mol. The standard InChI is InChI=1S/C10H10BrFN2/c1-3-9-7-4-6(11)5-8(12)10(7)13-14(9)2/h4-5H,3H2,1-2H3. The van der Waals surface area contributed by atoms with Crippen LogP contribution in [0.25, 0.3) is 10.9 Å². The molecule has 0 unspecified atom stereocenters. The molecule has 0 bridgehead atoms. The molecule has 2 nitrogen and oxygen atoms in total.